The predicted octanol–water partition coefficient (Wildman–Crippen LogP) is 3.22. The van der Waals surface area contributed by atoms with Gasteiger partial charge < -0.3 is 4.79 Å². The van der Waals surface area contributed by atoms with Crippen molar-refractivity contribution in [2.75, 3.05) is 14.1 Å². The lowest BCUT2D eigenvalue weighted by Crippen LogP contribution is -2.40. The third-order valence-electron chi connectivity index (χ3n) is 3.82. The van der Waals surface area contributed by atoms with Crippen LogP contribution in [0.15, 0.2) is 22.7 Å². The van der Waals surface area contributed by atoms with Crippen molar-refractivity contribution < 1.29 is 4.79 Å². The Kier molecular flexibility index (Phi) is 3.23. The van der Waals surface area contributed by atoms with Gasteiger partial charge in [0.2, 0.25) is 0 Å². The molecule has 1 aromatic carbocycles. The average Bonchev–Trinajstić information content (AvgIpc) is 3.03. The lowest BCUT2D eigenvalue weighted by Gasteiger charge is -2.26. The molecule has 1 heterocycles. The smallest absolute Gasteiger partial charge is 0.138 e. The molecule has 3 rings (SSSR count). The maximum absolute atomic E-state index is 11.4. The zero-order chi connectivity index (χ0) is 13.6. The summed E-state index contributed by atoms with van der Waals surface area (Å²) in [6, 6.07) is 6.09. The van der Waals surface area contributed by atoms with Crippen LogP contribution in [0.5, 0.6) is 0 Å². The summed E-state index contributed by atoms with van der Waals surface area (Å²) in [5.41, 5.74) is 0.963. The Morgan fingerprint density at radius 3 is 2.79 bits per heavy atom. The fraction of sp³-hybridized carbons (Fsp3) is 0.429. The van der Waals surface area contributed by atoms with Crippen LogP contribution in [-0.2, 0) is 10.2 Å². The number of carbonyl (C=O) groups excluding carboxylic acids is 1. The number of benzene rings is 1. The van der Waals surface area contributed by atoms with E-state index in [-0.39, 0.29) is 11.5 Å². The summed E-state index contributed by atoms with van der Waals surface area (Å²) in [4.78, 5) is 18.2. The van der Waals surface area contributed by atoms with Gasteiger partial charge in [0.1, 0.15) is 11.3 Å². The van der Waals surface area contributed by atoms with E-state index >= 15 is 0 Å². The average molecular weight is 339 g/mol. The molecule has 1 aliphatic rings. The fourth-order valence-electron chi connectivity index (χ4n) is 2.63. The Morgan fingerprint density at radius 1 is 1.47 bits per heavy atom. The van der Waals surface area contributed by atoms with Crippen LogP contribution < -0.4 is 0 Å². The summed E-state index contributed by atoms with van der Waals surface area (Å²) in [6.07, 6.45) is 3.17. The summed E-state index contributed by atoms with van der Waals surface area (Å²) in [5, 5.41) is 1.10. The second kappa shape index (κ2) is 4.65. The van der Waals surface area contributed by atoms with Gasteiger partial charge in [-0.2, -0.15) is 0 Å². The normalized spacial score (nSPS) is 18.7. The van der Waals surface area contributed by atoms with Gasteiger partial charge in [-0.05, 0) is 45.1 Å². The number of hydrogen-bond acceptors (Lipinski definition) is 4. The molecule has 0 bridgehead atoms. The Balaban J connectivity index is 2.06. The molecule has 0 radical (unpaired) electrons. The monoisotopic (exact) mass is 338 g/mol. The predicted molar refractivity (Wildman–Crippen MR) is 81.8 cm³/mol. The van der Waals surface area contributed by atoms with Gasteiger partial charge in [0, 0.05) is 9.89 Å². The largest absolute Gasteiger partial charge is 0.302 e. The number of hydrogen-bond donors (Lipinski definition) is 0. The van der Waals surface area contributed by atoms with E-state index in [1.807, 2.05) is 31.1 Å². The number of fused-ring (bicyclic) bond motifs is 1. The van der Waals surface area contributed by atoms with Crippen molar-refractivity contribution in [1.29, 1.82) is 0 Å². The summed E-state index contributed by atoms with van der Waals surface area (Å²) in [6.45, 7) is 0. The van der Waals surface area contributed by atoms with Crippen LogP contribution in [0.4, 0.5) is 0 Å². The topological polar surface area (TPSA) is 33.2 Å². The first kappa shape index (κ1) is 13.2. The molecular weight excluding hydrogens is 324 g/mol. The SMILES string of the molecule is CN(C)C(C=O)C1(c2nc3cc(Br)ccc3s2)CC1. The van der Waals surface area contributed by atoms with E-state index in [1.54, 1.807) is 11.3 Å². The van der Waals surface area contributed by atoms with Gasteiger partial charge in [0.15, 0.2) is 0 Å². The molecule has 1 aliphatic carbocycles. The van der Waals surface area contributed by atoms with Crippen molar-refractivity contribution in [1.82, 2.24) is 9.88 Å². The van der Waals surface area contributed by atoms with Gasteiger partial charge in [-0.15, -0.1) is 11.3 Å². The van der Waals surface area contributed by atoms with Gasteiger partial charge in [0.05, 0.1) is 16.3 Å². The van der Waals surface area contributed by atoms with E-state index in [0.29, 0.717) is 0 Å². The molecule has 5 heteroatoms. The number of aromatic nitrogens is 1. The molecule has 1 saturated carbocycles. The molecule has 0 N–H and O–H groups in total. The molecule has 1 aromatic heterocycles. The van der Waals surface area contributed by atoms with E-state index in [9.17, 15) is 4.79 Å². The first-order valence-electron chi connectivity index (χ1n) is 6.25. The number of likely N-dealkylation sites (N-methyl/N-ethyl adjacent to an activating group) is 1. The number of rotatable bonds is 4. The minimum atomic E-state index is -0.0727. The van der Waals surface area contributed by atoms with Crippen molar-refractivity contribution in [3.05, 3.63) is 27.7 Å². The Bertz CT molecular complexity index is 633. The Hall–Kier alpha value is -0.780. The highest BCUT2D eigenvalue weighted by Crippen LogP contribution is 2.53. The van der Waals surface area contributed by atoms with E-state index in [1.165, 1.54) is 4.70 Å². The van der Waals surface area contributed by atoms with Crippen LogP contribution >= 0.6 is 27.3 Å². The highest BCUT2D eigenvalue weighted by Gasteiger charge is 2.54. The van der Waals surface area contributed by atoms with Crippen molar-refractivity contribution in [3.63, 3.8) is 0 Å². The molecule has 1 atom stereocenters. The second-order valence-electron chi connectivity index (χ2n) is 5.33. The number of carbonyl (C=O) groups is 1. The van der Waals surface area contributed by atoms with Crippen LogP contribution in [0, 0.1) is 0 Å². The molecule has 100 valence electrons. The maximum Gasteiger partial charge on any atom is 0.138 e. The third-order valence-corrected chi connectivity index (χ3v) is 5.57. The maximum atomic E-state index is 11.4. The Morgan fingerprint density at radius 2 is 2.21 bits per heavy atom. The van der Waals surface area contributed by atoms with Crippen LogP contribution in [0.2, 0.25) is 0 Å². The van der Waals surface area contributed by atoms with Crippen molar-refractivity contribution in [2.24, 2.45) is 0 Å². The highest BCUT2D eigenvalue weighted by atomic mass is 79.9. The van der Waals surface area contributed by atoms with Crippen molar-refractivity contribution in [2.45, 2.75) is 24.3 Å². The quantitative estimate of drug-likeness (QED) is 0.802. The molecule has 0 aliphatic heterocycles. The lowest BCUT2D eigenvalue weighted by atomic mass is 9.97. The van der Waals surface area contributed by atoms with Crippen LogP contribution in [-0.4, -0.2) is 36.3 Å². The van der Waals surface area contributed by atoms with E-state index in [4.69, 9.17) is 4.98 Å². The minimum Gasteiger partial charge on any atom is -0.302 e. The molecule has 1 fully saturated rings. The van der Waals surface area contributed by atoms with Crippen molar-refractivity contribution in [3.8, 4) is 0 Å². The molecule has 0 spiro atoms. The summed E-state index contributed by atoms with van der Waals surface area (Å²) >= 11 is 5.19. The lowest BCUT2D eigenvalue weighted by molar-refractivity contribution is -0.112. The van der Waals surface area contributed by atoms with Gasteiger partial charge in [-0.3, -0.25) is 4.90 Å². The number of nitrogens with zero attached hydrogens (tertiary/aromatic N) is 2. The van der Waals surface area contributed by atoms with Gasteiger partial charge in [-0.25, -0.2) is 4.98 Å². The number of thiazole rings is 1. The Labute approximate surface area is 124 Å². The van der Waals surface area contributed by atoms with Gasteiger partial charge in [-0.1, -0.05) is 15.9 Å². The third kappa shape index (κ3) is 2.14. The van der Waals surface area contributed by atoms with Gasteiger partial charge in [0.25, 0.3) is 0 Å². The number of aldehydes is 1. The van der Waals surface area contributed by atoms with Crippen LogP contribution in [0.3, 0.4) is 0 Å². The molecule has 3 nitrogen and oxygen atoms in total. The zero-order valence-electron chi connectivity index (χ0n) is 10.9. The van der Waals surface area contributed by atoms with E-state index in [2.05, 4.69) is 22.0 Å². The fourth-order valence-corrected chi connectivity index (χ4v) is 4.21. The standard InChI is InChI=1S/C14H15BrN2OS/c1-17(2)12(8-18)14(5-6-14)13-16-10-7-9(15)3-4-11(10)19-13/h3-4,7-8,12H,5-6H2,1-2H3. The summed E-state index contributed by atoms with van der Waals surface area (Å²) in [7, 11) is 3.92. The number of halogens is 1. The second-order valence-corrected chi connectivity index (χ2v) is 7.28. The molecule has 0 saturated heterocycles. The van der Waals surface area contributed by atoms with Crippen LogP contribution in [0.1, 0.15) is 17.8 Å². The first-order valence-corrected chi connectivity index (χ1v) is 7.86. The summed E-state index contributed by atoms with van der Waals surface area (Å²) in [5.74, 6) is 0. The first-order chi connectivity index (χ1) is 9.06. The van der Waals surface area contributed by atoms with E-state index < -0.39 is 0 Å². The zero-order valence-corrected chi connectivity index (χ0v) is 13.3. The molecule has 2 aromatic rings. The molecule has 1 unspecified atom stereocenters. The van der Waals surface area contributed by atoms with Crippen LogP contribution in [0.25, 0.3) is 10.2 Å². The molecule has 0 amide bonds. The van der Waals surface area contributed by atoms with E-state index in [0.717, 1.165) is 34.1 Å². The highest BCUT2D eigenvalue weighted by molar-refractivity contribution is 9.10. The molecular formula is C14H15BrN2OS. The minimum absolute atomic E-state index is 0.0542. The summed E-state index contributed by atoms with van der Waals surface area (Å²) < 4.78 is 2.23. The molecule has 19 heavy (non-hydrogen) atoms. The van der Waals surface area contributed by atoms with Gasteiger partial charge >= 0.3 is 0 Å². The van der Waals surface area contributed by atoms with Crippen molar-refractivity contribution >= 4 is 43.8 Å².